The summed E-state index contributed by atoms with van der Waals surface area (Å²) >= 11 is 0. The summed E-state index contributed by atoms with van der Waals surface area (Å²) < 4.78 is 10.1. The lowest BCUT2D eigenvalue weighted by atomic mass is 10.1. The van der Waals surface area contributed by atoms with Gasteiger partial charge in [0.25, 0.3) is 5.91 Å². The second-order valence-electron chi connectivity index (χ2n) is 7.23. The zero-order chi connectivity index (χ0) is 25.5. The molecule has 0 aromatic carbocycles. The van der Waals surface area contributed by atoms with Crippen molar-refractivity contribution < 1.29 is 29.0 Å². The van der Waals surface area contributed by atoms with Crippen molar-refractivity contribution in [3.8, 4) is 11.8 Å². The lowest BCUT2D eigenvalue weighted by Gasteiger charge is -2.13. The first-order chi connectivity index (χ1) is 16.9. The van der Waals surface area contributed by atoms with E-state index in [2.05, 4.69) is 22.5 Å². The standard InChI is InChI=1S/C27H28N2O6/c1-34-17-8-4-3-5-14-25(30)29-24-19-22(35-2)12-9-13-23(24)27(33)28-21-11-7-6-10-20(18-21)15-16-26(31)32/h3-4,7-8,10-13,17-19H,6,9,15-16H2,1-2H3,(H,28,33)(H,29,30)(H,31,32)/b4-3+,17-8-. The minimum atomic E-state index is -0.886. The molecule has 0 fully saturated rings. The highest BCUT2D eigenvalue weighted by Gasteiger charge is 2.19. The van der Waals surface area contributed by atoms with Gasteiger partial charge >= 0.3 is 11.9 Å². The molecule has 2 amide bonds. The summed E-state index contributed by atoms with van der Waals surface area (Å²) in [7, 11) is 3.02. The quantitative estimate of drug-likeness (QED) is 0.267. The molecule has 8 heteroatoms. The van der Waals surface area contributed by atoms with Gasteiger partial charge in [0.1, 0.15) is 5.76 Å². The van der Waals surface area contributed by atoms with Crippen molar-refractivity contribution in [3.05, 3.63) is 95.3 Å². The van der Waals surface area contributed by atoms with Crippen LogP contribution < -0.4 is 10.6 Å². The van der Waals surface area contributed by atoms with E-state index in [1.807, 2.05) is 12.2 Å². The fourth-order valence-corrected chi connectivity index (χ4v) is 3.05. The highest BCUT2D eigenvalue weighted by molar-refractivity contribution is 6.02. The zero-order valence-electron chi connectivity index (χ0n) is 19.7. The van der Waals surface area contributed by atoms with Gasteiger partial charge in [-0.25, -0.2) is 0 Å². The molecule has 0 spiro atoms. The highest BCUT2D eigenvalue weighted by atomic mass is 16.5. The fourth-order valence-electron chi connectivity index (χ4n) is 3.05. The number of hydrogen-bond donors (Lipinski definition) is 3. The molecular weight excluding hydrogens is 448 g/mol. The van der Waals surface area contributed by atoms with E-state index in [4.69, 9.17) is 14.6 Å². The van der Waals surface area contributed by atoms with Gasteiger partial charge in [0.2, 0.25) is 0 Å². The molecule has 2 rings (SSSR count). The number of carboxylic acids is 1. The molecule has 8 nitrogen and oxygen atoms in total. The van der Waals surface area contributed by atoms with E-state index < -0.39 is 17.8 Å². The summed E-state index contributed by atoms with van der Waals surface area (Å²) in [6, 6.07) is 0. The van der Waals surface area contributed by atoms with Gasteiger partial charge in [-0.15, -0.1) is 0 Å². The summed E-state index contributed by atoms with van der Waals surface area (Å²) in [6.45, 7) is 0. The first-order valence-electron chi connectivity index (χ1n) is 10.9. The average Bonchev–Trinajstić information content (AvgIpc) is 3.18. The largest absolute Gasteiger partial charge is 0.504 e. The van der Waals surface area contributed by atoms with Gasteiger partial charge in [-0.2, -0.15) is 0 Å². The maximum atomic E-state index is 13.2. The Balaban J connectivity index is 2.18. The van der Waals surface area contributed by atoms with Crippen molar-refractivity contribution in [1.82, 2.24) is 10.6 Å². The van der Waals surface area contributed by atoms with Gasteiger partial charge in [-0.3, -0.25) is 14.4 Å². The number of rotatable bonds is 9. The van der Waals surface area contributed by atoms with Crippen LogP contribution >= 0.6 is 0 Å². The Hall–Kier alpha value is -4.51. The molecular formula is C27H28N2O6. The molecule has 182 valence electrons. The monoisotopic (exact) mass is 476 g/mol. The van der Waals surface area contributed by atoms with E-state index in [0.29, 0.717) is 30.7 Å². The van der Waals surface area contributed by atoms with Gasteiger partial charge in [-0.1, -0.05) is 30.2 Å². The van der Waals surface area contributed by atoms with Crippen LogP contribution in [0, 0.1) is 11.8 Å². The zero-order valence-corrected chi connectivity index (χ0v) is 19.7. The number of carbonyl (C=O) groups excluding carboxylic acids is 2. The lowest BCUT2D eigenvalue weighted by molar-refractivity contribution is -0.137. The lowest BCUT2D eigenvalue weighted by Crippen LogP contribution is -2.30. The van der Waals surface area contributed by atoms with Crippen molar-refractivity contribution in [2.24, 2.45) is 0 Å². The summed E-state index contributed by atoms with van der Waals surface area (Å²) in [5, 5.41) is 14.4. The first kappa shape index (κ1) is 26.7. The first-order valence-corrected chi connectivity index (χ1v) is 10.9. The predicted molar refractivity (Wildman–Crippen MR) is 132 cm³/mol. The number of aliphatic carboxylic acids is 1. The molecule has 0 atom stereocenters. The maximum Gasteiger partial charge on any atom is 0.303 e. The molecule has 0 unspecified atom stereocenters. The Morgan fingerprint density at radius 2 is 1.91 bits per heavy atom. The van der Waals surface area contributed by atoms with E-state index >= 15 is 0 Å². The van der Waals surface area contributed by atoms with Crippen molar-refractivity contribution in [2.75, 3.05) is 14.2 Å². The molecule has 2 aliphatic rings. The Morgan fingerprint density at radius 1 is 1.09 bits per heavy atom. The molecule has 35 heavy (non-hydrogen) atoms. The summed E-state index contributed by atoms with van der Waals surface area (Å²) in [4.78, 5) is 36.5. The molecule has 0 saturated heterocycles. The smallest absolute Gasteiger partial charge is 0.303 e. The van der Waals surface area contributed by atoms with Crippen molar-refractivity contribution in [3.63, 3.8) is 0 Å². The maximum absolute atomic E-state index is 13.2. The highest BCUT2D eigenvalue weighted by Crippen LogP contribution is 2.19. The molecule has 3 N–H and O–H groups in total. The Labute approximate surface area is 204 Å². The third-order valence-electron chi connectivity index (χ3n) is 4.68. The van der Waals surface area contributed by atoms with Gasteiger partial charge in [0.05, 0.1) is 31.8 Å². The van der Waals surface area contributed by atoms with Crippen LogP contribution in [0.4, 0.5) is 0 Å². The Bertz CT molecular complexity index is 1130. The van der Waals surface area contributed by atoms with E-state index in [0.717, 1.165) is 5.57 Å². The molecule has 2 aliphatic carbocycles. The van der Waals surface area contributed by atoms with E-state index in [1.54, 1.807) is 42.5 Å². The molecule has 0 aromatic heterocycles. The number of amides is 2. The predicted octanol–water partition coefficient (Wildman–Crippen LogP) is 3.32. The van der Waals surface area contributed by atoms with E-state index in [-0.39, 0.29) is 17.7 Å². The van der Waals surface area contributed by atoms with Crippen LogP contribution in [-0.2, 0) is 23.9 Å². The van der Waals surface area contributed by atoms with E-state index in [9.17, 15) is 14.4 Å². The molecule has 0 aromatic rings. The summed E-state index contributed by atoms with van der Waals surface area (Å²) in [6.07, 6.45) is 19.9. The van der Waals surface area contributed by atoms with Gasteiger partial charge in [-0.05, 0) is 61.1 Å². The number of methoxy groups -OCH3 is 2. The number of carboxylic acid groups (broad SMARTS) is 1. The average molecular weight is 477 g/mol. The van der Waals surface area contributed by atoms with Crippen molar-refractivity contribution in [2.45, 2.75) is 25.7 Å². The van der Waals surface area contributed by atoms with Crippen LogP contribution in [0.3, 0.4) is 0 Å². The topological polar surface area (TPSA) is 114 Å². The number of ether oxygens (including phenoxy) is 2. The van der Waals surface area contributed by atoms with Gasteiger partial charge < -0.3 is 25.2 Å². The SMILES string of the molecule is CO/C=C\C=C\C#CC(=O)NC1=CC(OC)=CCC=C1C(=O)NC1=CC(CCC(=O)O)=CCC=C1. The minimum Gasteiger partial charge on any atom is -0.504 e. The minimum absolute atomic E-state index is 0.00200. The second-order valence-corrected chi connectivity index (χ2v) is 7.23. The van der Waals surface area contributed by atoms with Crippen LogP contribution in [0.1, 0.15) is 25.7 Å². The second kappa shape index (κ2) is 14.6. The number of nitrogens with one attached hydrogen (secondary N) is 2. The number of hydrogen-bond acceptors (Lipinski definition) is 5. The number of allylic oxidation sites excluding steroid dienone is 11. The van der Waals surface area contributed by atoms with Crippen molar-refractivity contribution >= 4 is 17.8 Å². The van der Waals surface area contributed by atoms with E-state index in [1.165, 1.54) is 26.6 Å². The number of carbonyl (C=O) groups is 3. The third kappa shape index (κ3) is 9.88. The summed E-state index contributed by atoms with van der Waals surface area (Å²) in [5.41, 5.74) is 1.83. The molecule has 0 heterocycles. The summed E-state index contributed by atoms with van der Waals surface area (Å²) in [5.74, 6) is 3.62. The van der Waals surface area contributed by atoms with Gasteiger partial charge in [0.15, 0.2) is 0 Å². The van der Waals surface area contributed by atoms with Crippen LogP contribution in [-0.4, -0.2) is 37.1 Å². The molecule has 0 bridgehead atoms. The van der Waals surface area contributed by atoms with Gasteiger partial charge in [0, 0.05) is 18.2 Å². The van der Waals surface area contributed by atoms with Crippen LogP contribution in [0.15, 0.2) is 95.3 Å². The van der Waals surface area contributed by atoms with Crippen LogP contribution in [0.25, 0.3) is 0 Å². The van der Waals surface area contributed by atoms with Crippen LogP contribution in [0.2, 0.25) is 0 Å². The van der Waals surface area contributed by atoms with Crippen LogP contribution in [0.5, 0.6) is 0 Å². The Morgan fingerprint density at radius 3 is 2.66 bits per heavy atom. The molecule has 0 saturated carbocycles. The van der Waals surface area contributed by atoms with Crippen molar-refractivity contribution in [1.29, 1.82) is 0 Å². The Kier molecular flexibility index (Phi) is 11.2. The third-order valence-corrected chi connectivity index (χ3v) is 4.68. The normalized spacial score (nSPS) is 15.3. The fraction of sp³-hybridized carbons (Fsp3) is 0.222. The molecule has 0 aliphatic heterocycles. The molecule has 0 radical (unpaired) electrons.